The van der Waals surface area contributed by atoms with Crippen LogP contribution in [0.3, 0.4) is 0 Å². The molecule has 2 N–H and O–H groups in total. The Morgan fingerprint density at radius 2 is 2.03 bits per heavy atom. The molecule has 0 unspecified atom stereocenters. The number of benzene rings is 1. The van der Waals surface area contributed by atoms with Gasteiger partial charge in [0.15, 0.2) is 5.65 Å². The van der Waals surface area contributed by atoms with Gasteiger partial charge in [0.1, 0.15) is 5.82 Å². The molecule has 0 aliphatic carbocycles. The molecule has 1 aliphatic heterocycles. The second kappa shape index (κ2) is 7.15. The van der Waals surface area contributed by atoms with E-state index < -0.39 is 5.41 Å². The van der Waals surface area contributed by atoms with Gasteiger partial charge in [0.25, 0.3) is 0 Å². The Labute approximate surface area is 170 Å². The third kappa shape index (κ3) is 3.96. The maximum absolute atomic E-state index is 12.4. The fourth-order valence-corrected chi connectivity index (χ4v) is 3.36. The zero-order chi connectivity index (χ0) is 20.8. The van der Waals surface area contributed by atoms with Crippen LogP contribution in [0.15, 0.2) is 36.5 Å². The van der Waals surface area contributed by atoms with Gasteiger partial charge in [0.2, 0.25) is 5.91 Å². The van der Waals surface area contributed by atoms with Crippen LogP contribution in [-0.2, 0) is 4.79 Å². The fourth-order valence-electron chi connectivity index (χ4n) is 3.36. The topological polar surface area (TPSA) is 82.8 Å². The molecule has 0 radical (unpaired) electrons. The van der Waals surface area contributed by atoms with E-state index >= 15 is 0 Å². The second-order valence-corrected chi connectivity index (χ2v) is 8.74. The number of carbonyl (C=O) groups excluding carboxylic acids is 1. The summed E-state index contributed by atoms with van der Waals surface area (Å²) >= 11 is 0. The molecular weight excluding hydrogens is 366 g/mol. The summed E-state index contributed by atoms with van der Waals surface area (Å²) in [6, 6.07) is 9.82. The number of hydrogen-bond donors (Lipinski definition) is 2. The molecule has 1 atom stereocenters. The van der Waals surface area contributed by atoms with Crippen LogP contribution < -0.4 is 10.2 Å². The van der Waals surface area contributed by atoms with Gasteiger partial charge in [-0.25, -0.2) is 9.50 Å². The minimum absolute atomic E-state index is 0.0214. The molecule has 7 nitrogen and oxygen atoms in total. The van der Waals surface area contributed by atoms with Gasteiger partial charge in [-0.2, -0.15) is 0 Å². The van der Waals surface area contributed by atoms with Gasteiger partial charge in [0.05, 0.1) is 18.0 Å². The van der Waals surface area contributed by atoms with Crippen molar-refractivity contribution in [1.29, 1.82) is 0 Å². The van der Waals surface area contributed by atoms with Crippen LogP contribution in [0, 0.1) is 12.3 Å². The molecule has 152 valence electrons. The lowest BCUT2D eigenvalue weighted by Crippen LogP contribution is -2.27. The molecule has 29 heavy (non-hydrogen) atoms. The van der Waals surface area contributed by atoms with E-state index in [1.54, 1.807) is 4.52 Å². The smallest absolute Gasteiger partial charge is 0.229 e. The van der Waals surface area contributed by atoms with Crippen molar-refractivity contribution >= 4 is 23.1 Å². The van der Waals surface area contributed by atoms with E-state index in [4.69, 9.17) is 0 Å². The molecule has 1 amide bonds. The molecule has 4 rings (SSSR count). The Balaban J connectivity index is 1.64. The van der Waals surface area contributed by atoms with Gasteiger partial charge >= 0.3 is 0 Å². The minimum atomic E-state index is -0.463. The van der Waals surface area contributed by atoms with Crippen LogP contribution in [0.25, 0.3) is 16.9 Å². The van der Waals surface area contributed by atoms with E-state index in [2.05, 4.69) is 20.3 Å². The Morgan fingerprint density at radius 3 is 2.72 bits per heavy atom. The Morgan fingerprint density at radius 1 is 1.24 bits per heavy atom. The highest BCUT2D eigenvalue weighted by atomic mass is 16.3. The largest absolute Gasteiger partial charge is 0.391 e. The van der Waals surface area contributed by atoms with Crippen LogP contribution >= 0.6 is 0 Å². The Kier molecular flexibility index (Phi) is 4.78. The molecule has 1 aliphatic rings. The molecule has 0 spiro atoms. The van der Waals surface area contributed by atoms with Crippen LogP contribution in [0.5, 0.6) is 0 Å². The van der Waals surface area contributed by atoms with Gasteiger partial charge in [-0.1, -0.05) is 32.9 Å². The third-order valence-electron chi connectivity index (χ3n) is 5.26. The molecule has 0 bridgehead atoms. The van der Waals surface area contributed by atoms with Gasteiger partial charge in [-0.05, 0) is 37.1 Å². The Hall–Kier alpha value is -2.93. The lowest BCUT2D eigenvalue weighted by atomic mass is 9.95. The first kappa shape index (κ1) is 19.4. The molecule has 1 aromatic carbocycles. The number of β-amino-alcohol motifs (C(OH)–C–C–N with tert-alkyl or cyclic N) is 1. The number of hydrogen-bond acceptors (Lipinski definition) is 5. The highest BCUT2D eigenvalue weighted by Crippen LogP contribution is 2.27. The maximum atomic E-state index is 12.4. The van der Waals surface area contributed by atoms with Crippen molar-refractivity contribution in [1.82, 2.24) is 14.6 Å². The van der Waals surface area contributed by atoms with E-state index in [0.29, 0.717) is 6.54 Å². The van der Waals surface area contributed by atoms with E-state index in [0.717, 1.165) is 46.9 Å². The molecule has 2 aromatic heterocycles. The number of amides is 1. The van der Waals surface area contributed by atoms with Crippen molar-refractivity contribution in [2.75, 3.05) is 23.3 Å². The Bertz CT molecular complexity index is 1070. The number of nitrogens with one attached hydrogen (secondary N) is 1. The van der Waals surface area contributed by atoms with Crippen molar-refractivity contribution in [2.45, 2.75) is 40.2 Å². The quantitative estimate of drug-likeness (QED) is 0.714. The third-order valence-corrected chi connectivity index (χ3v) is 5.26. The average molecular weight is 393 g/mol. The van der Waals surface area contributed by atoms with Crippen molar-refractivity contribution in [3.8, 4) is 11.3 Å². The van der Waals surface area contributed by atoms with Gasteiger partial charge < -0.3 is 15.3 Å². The maximum Gasteiger partial charge on any atom is 0.229 e. The van der Waals surface area contributed by atoms with Crippen LogP contribution in [-0.4, -0.2) is 44.8 Å². The zero-order valence-corrected chi connectivity index (χ0v) is 17.3. The number of anilines is 2. The summed E-state index contributed by atoms with van der Waals surface area (Å²) in [4.78, 5) is 19.2. The van der Waals surface area contributed by atoms with E-state index in [1.807, 2.05) is 64.2 Å². The second-order valence-electron chi connectivity index (χ2n) is 8.74. The fraction of sp³-hybridized carbons (Fsp3) is 0.409. The van der Waals surface area contributed by atoms with E-state index in [1.165, 1.54) is 0 Å². The highest BCUT2D eigenvalue weighted by Gasteiger charge is 2.23. The average Bonchev–Trinajstić information content (AvgIpc) is 3.28. The molecule has 1 fully saturated rings. The summed E-state index contributed by atoms with van der Waals surface area (Å²) in [7, 11) is 0. The first-order chi connectivity index (χ1) is 13.7. The standard InChI is InChI=1S/C22H27N5O2/c1-14-5-6-15(11-17(14)24-21(29)22(2,3)4)18-13-27-19(23-18)7-8-20(25-27)26-10-9-16(28)12-26/h5-8,11,13,16,28H,9-10,12H2,1-4H3,(H,24,29)/t16-/m0/s1. The summed E-state index contributed by atoms with van der Waals surface area (Å²) in [5, 5.41) is 17.5. The molecular formula is C22H27N5O2. The number of nitrogens with zero attached hydrogens (tertiary/aromatic N) is 4. The first-order valence-corrected chi connectivity index (χ1v) is 9.92. The number of imidazole rings is 1. The van der Waals surface area contributed by atoms with Crippen molar-refractivity contribution in [2.24, 2.45) is 5.41 Å². The molecule has 1 saturated heterocycles. The van der Waals surface area contributed by atoms with Crippen molar-refractivity contribution < 1.29 is 9.90 Å². The SMILES string of the molecule is Cc1ccc(-c2cn3nc(N4CC[C@H](O)C4)ccc3n2)cc1NC(=O)C(C)(C)C. The number of rotatable bonds is 3. The van der Waals surface area contributed by atoms with Crippen molar-refractivity contribution in [3.63, 3.8) is 0 Å². The summed E-state index contributed by atoms with van der Waals surface area (Å²) in [6.07, 6.45) is 2.37. The minimum Gasteiger partial charge on any atom is -0.391 e. The van der Waals surface area contributed by atoms with Crippen LogP contribution in [0.4, 0.5) is 11.5 Å². The predicted molar refractivity (Wildman–Crippen MR) is 114 cm³/mol. The zero-order valence-electron chi connectivity index (χ0n) is 17.3. The number of aliphatic hydroxyl groups is 1. The van der Waals surface area contributed by atoms with Crippen molar-refractivity contribution in [3.05, 3.63) is 42.1 Å². The van der Waals surface area contributed by atoms with E-state index in [-0.39, 0.29) is 12.0 Å². The number of carbonyl (C=O) groups is 1. The number of aryl methyl sites for hydroxylation is 1. The number of fused-ring (bicyclic) bond motifs is 1. The first-order valence-electron chi connectivity index (χ1n) is 9.92. The number of aliphatic hydroxyl groups excluding tert-OH is 1. The van der Waals surface area contributed by atoms with Gasteiger partial charge in [0, 0.05) is 29.8 Å². The normalized spacial score (nSPS) is 17.1. The molecule has 3 aromatic rings. The summed E-state index contributed by atoms with van der Waals surface area (Å²) in [5.41, 5.74) is 3.80. The lowest BCUT2D eigenvalue weighted by Gasteiger charge is -2.19. The van der Waals surface area contributed by atoms with Crippen LogP contribution in [0.2, 0.25) is 0 Å². The molecule has 3 heterocycles. The molecule has 7 heteroatoms. The monoisotopic (exact) mass is 393 g/mol. The predicted octanol–water partition coefficient (Wildman–Crippen LogP) is 3.26. The van der Waals surface area contributed by atoms with Gasteiger partial charge in [-0.15, -0.1) is 5.10 Å². The number of aromatic nitrogens is 3. The van der Waals surface area contributed by atoms with E-state index in [9.17, 15) is 9.90 Å². The van der Waals surface area contributed by atoms with Gasteiger partial charge in [-0.3, -0.25) is 4.79 Å². The summed E-state index contributed by atoms with van der Waals surface area (Å²) in [5.74, 6) is 0.812. The summed E-state index contributed by atoms with van der Waals surface area (Å²) in [6.45, 7) is 9.07. The molecule has 0 saturated carbocycles. The van der Waals surface area contributed by atoms with Crippen LogP contribution in [0.1, 0.15) is 32.8 Å². The lowest BCUT2D eigenvalue weighted by molar-refractivity contribution is -0.123. The highest BCUT2D eigenvalue weighted by molar-refractivity contribution is 5.95. The summed E-state index contributed by atoms with van der Waals surface area (Å²) < 4.78 is 1.77.